The van der Waals surface area contributed by atoms with Crippen molar-refractivity contribution in [1.29, 1.82) is 0 Å². The summed E-state index contributed by atoms with van der Waals surface area (Å²) in [5.74, 6) is 1.07. The number of fused-ring (bicyclic) bond motifs is 1. The number of aromatic amines is 1. The van der Waals surface area contributed by atoms with Crippen LogP contribution in [0.2, 0.25) is 0 Å². The Bertz CT molecular complexity index is 866. The van der Waals surface area contributed by atoms with Crippen LogP contribution in [0.3, 0.4) is 0 Å². The molecule has 1 fully saturated rings. The second-order valence-corrected chi connectivity index (χ2v) is 6.81. The molecule has 4 heteroatoms. The fourth-order valence-corrected chi connectivity index (χ4v) is 4.09. The predicted octanol–water partition coefficient (Wildman–Crippen LogP) is 5.19. The van der Waals surface area contributed by atoms with Crippen LogP contribution in [0.5, 0.6) is 0 Å². The Balaban J connectivity index is 1.73. The van der Waals surface area contributed by atoms with E-state index >= 15 is 0 Å². The number of benzene rings is 2. The first-order chi connectivity index (χ1) is 11.3. The second-order valence-electron chi connectivity index (χ2n) is 6.42. The minimum absolute atomic E-state index is 0.514. The summed E-state index contributed by atoms with van der Waals surface area (Å²) in [5.41, 5.74) is 1.31. The van der Waals surface area contributed by atoms with E-state index in [2.05, 4.69) is 57.2 Å². The molecule has 0 saturated heterocycles. The lowest BCUT2D eigenvalue weighted by Gasteiger charge is -2.24. The monoisotopic (exact) mass is 323 g/mol. The maximum Gasteiger partial charge on any atom is 0.195 e. The van der Waals surface area contributed by atoms with Gasteiger partial charge in [0.2, 0.25) is 0 Å². The minimum Gasteiger partial charge on any atom is -0.301 e. The van der Waals surface area contributed by atoms with Crippen molar-refractivity contribution in [3.8, 4) is 0 Å². The molecule has 1 N–H and O–H groups in total. The number of hydrogen-bond donors (Lipinski definition) is 1. The molecule has 1 heterocycles. The van der Waals surface area contributed by atoms with Crippen molar-refractivity contribution in [2.24, 2.45) is 0 Å². The molecule has 0 atom stereocenters. The summed E-state index contributed by atoms with van der Waals surface area (Å²) in [5, 5.41) is 10.1. The SMILES string of the molecule is S=c1[nH]nc(Cc2cccc3ccccc23)n1C1CCCCC1. The first-order valence-corrected chi connectivity index (χ1v) is 8.86. The van der Waals surface area contributed by atoms with Gasteiger partial charge in [0.15, 0.2) is 4.77 Å². The summed E-state index contributed by atoms with van der Waals surface area (Å²) in [6, 6.07) is 15.6. The summed E-state index contributed by atoms with van der Waals surface area (Å²) in [4.78, 5) is 0. The van der Waals surface area contributed by atoms with Crippen molar-refractivity contribution in [3.63, 3.8) is 0 Å². The van der Waals surface area contributed by atoms with Crippen LogP contribution in [0.4, 0.5) is 0 Å². The van der Waals surface area contributed by atoms with E-state index in [4.69, 9.17) is 12.2 Å². The highest BCUT2D eigenvalue weighted by Gasteiger charge is 2.20. The zero-order chi connectivity index (χ0) is 15.6. The van der Waals surface area contributed by atoms with Crippen LogP contribution in [-0.2, 0) is 6.42 Å². The molecular formula is C19H21N3S. The Kier molecular flexibility index (Phi) is 4.00. The Morgan fingerprint density at radius 3 is 2.70 bits per heavy atom. The molecule has 118 valence electrons. The van der Waals surface area contributed by atoms with Gasteiger partial charge in [-0.3, -0.25) is 5.10 Å². The van der Waals surface area contributed by atoms with Crippen LogP contribution in [0.15, 0.2) is 42.5 Å². The lowest BCUT2D eigenvalue weighted by Crippen LogP contribution is -2.16. The van der Waals surface area contributed by atoms with E-state index in [9.17, 15) is 0 Å². The van der Waals surface area contributed by atoms with Crippen molar-refractivity contribution >= 4 is 23.0 Å². The summed E-state index contributed by atoms with van der Waals surface area (Å²) < 4.78 is 3.04. The fourth-order valence-electron chi connectivity index (χ4n) is 3.79. The number of hydrogen-bond acceptors (Lipinski definition) is 2. The number of nitrogens with one attached hydrogen (secondary N) is 1. The maximum atomic E-state index is 5.51. The van der Waals surface area contributed by atoms with Crippen molar-refractivity contribution in [2.75, 3.05) is 0 Å². The topological polar surface area (TPSA) is 33.6 Å². The lowest BCUT2D eigenvalue weighted by atomic mass is 9.95. The Morgan fingerprint density at radius 1 is 1.04 bits per heavy atom. The van der Waals surface area contributed by atoms with Crippen LogP contribution >= 0.6 is 12.2 Å². The van der Waals surface area contributed by atoms with E-state index in [1.165, 1.54) is 48.4 Å². The molecule has 0 unspecified atom stereocenters. The predicted molar refractivity (Wildman–Crippen MR) is 96.3 cm³/mol. The molecule has 0 amide bonds. The molecule has 0 spiro atoms. The van der Waals surface area contributed by atoms with E-state index in [0.29, 0.717) is 6.04 Å². The van der Waals surface area contributed by atoms with Crippen LogP contribution in [-0.4, -0.2) is 14.8 Å². The Labute approximate surface area is 141 Å². The van der Waals surface area contributed by atoms with Crippen molar-refractivity contribution in [3.05, 3.63) is 58.6 Å². The fraction of sp³-hybridized carbons (Fsp3) is 0.368. The molecule has 4 rings (SSSR count). The third-order valence-corrected chi connectivity index (χ3v) is 5.23. The quantitative estimate of drug-likeness (QED) is 0.673. The molecule has 2 aromatic carbocycles. The molecule has 0 aliphatic heterocycles. The first kappa shape index (κ1) is 14.6. The van der Waals surface area contributed by atoms with Crippen LogP contribution in [0.1, 0.15) is 49.5 Å². The molecule has 23 heavy (non-hydrogen) atoms. The van der Waals surface area contributed by atoms with E-state index in [0.717, 1.165) is 17.0 Å². The molecule has 1 aliphatic rings. The number of aromatic nitrogens is 3. The number of nitrogens with zero attached hydrogens (tertiary/aromatic N) is 2. The third-order valence-electron chi connectivity index (χ3n) is 4.95. The van der Waals surface area contributed by atoms with Gasteiger partial charge in [0.05, 0.1) is 0 Å². The van der Waals surface area contributed by atoms with Gasteiger partial charge in [-0.05, 0) is 41.4 Å². The van der Waals surface area contributed by atoms with Crippen molar-refractivity contribution in [2.45, 2.75) is 44.6 Å². The van der Waals surface area contributed by atoms with Crippen molar-refractivity contribution < 1.29 is 0 Å². The Morgan fingerprint density at radius 2 is 1.83 bits per heavy atom. The van der Waals surface area contributed by atoms with Gasteiger partial charge in [-0.2, -0.15) is 5.10 Å². The summed E-state index contributed by atoms with van der Waals surface area (Å²) in [7, 11) is 0. The van der Waals surface area contributed by atoms with E-state index in [-0.39, 0.29) is 0 Å². The zero-order valence-electron chi connectivity index (χ0n) is 13.2. The average molecular weight is 323 g/mol. The Hall–Kier alpha value is -1.94. The highest BCUT2D eigenvalue weighted by molar-refractivity contribution is 7.71. The smallest absolute Gasteiger partial charge is 0.195 e. The number of rotatable bonds is 3. The van der Waals surface area contributed by atoms with E-state index in [1.807, 2.05) is 0 Å². The molecule has 0 bridgehead atoms. The zero-order valence-corrected chi connectivity index (χ0v) is 14.0. The van der Waals surface area contributed by atoms with Gasteiger partial charge in [-0.15, -0.1) is 0 Å². The van der Waals surface area contributed by atoms with Gasteiger partial charge in [-0.25, -0.2) is 0 Å². The van der Waals surface area contributed by atoms with Gasteiger partial charge in [0, 0.05) is 12.5 Å². The van der Waals surface area contributed by atoms with Crippen LogP contribution in [0, 0.1) is 4.77 Å². The number of H-pyrrole nitrogens is 1. The van der Waals surface area contributed by atoms with E-state index in [1.54, 1.807) is 0 Å². The van der Waals surface area contributed by atoms with Crippen molar-refractivity contribution in [1.82, 2.24) is 14.8 Å². The molecule has 1 aromatic heterocycles. The van der Waals surface area contributed by atoms with Crippen LogP contribution in [0.25, 0.3) is 10.8 Å². The summed E-state index contributed by atoms with van der Waals surface area (Å²) >= 11 is 5.51. The summed E-state index contributed by atoms with van der Waals surface area (Å²) in [6.45, 7) is 0. The highest BCUT2D eigenvalue weighted by Crippen LogP contribution is 2.30. The molecule has 3 nitrogen and oxygen atoms in total. The molecule has 1 saturated carbocycles. The standard InChI is InChI=1S/C19H21N3S/c23-19-21-20-18(22(19)16-10-2-1-3-11-16)13-15-9-6-8-14-7-4-5-12-17(14)15/h4-9,12,16H,1-3,10-11,13H2,(H,21,23). The molecule has 0 radical (unpaired) electrons. The van der Waals surface area contributed by atoms with Gasteiger partial charge >= 0.3 is 0 Å². The lowest BCUT2D eigenvalue weighted by molar-refractivity contribution is 0.344. The molecule has 3 aromatic rings. The van der Waals surface area contributed by atoms with Gasteiger partial charge in [0.1, 0.15) is 5.82 Å². The normalized spacial score (nSPS) is 16.0. The van der Waals surface area contributed by atoms with Gasteiger partial charge in [0.25, 0.3) is 0 Å². The average Bonchev–Trinajstić information content (AvgIpc) is 2.96. The second kappa shape index (κ2) is 6.28. The van der Waals surface area contributed by atoms with Gasteiger partial charge < -0.3 is 4.57 Å². The minimum atomic E-state index is 0.514. The third kappa shape index (κ3) is 2.83. The van der Waals surface area contributed by atoms with E-state index < -0.39 is 0 Å². The van der Waals surface area contributed by atoms with Gasteiger partial charge in [-0.1, -0.05) is 61.7 Å². The maximum absolute atomic E-state index is 5.51. The summed E-state index contributed by atoms with van der Waals surface area (Å²) in [6.07, 6.45) is 7.20. The van der Waals surface area contributed by atoms with Crippen LogP contribution < -0.4 is 0 Å². The molecule has 1 aliphatic carbocycles. The largest absolute Gasteiger partial charge is 0.301 e. The highest BCUT2D eigenvalue weighted by atomic mass is 32.1. The first-order valence-electron chi connectivity index (χ1n) is 8.45. The molecular weight excluding hydrogens is 302 g/mol.